The van der Waals surface area contributed by atoms with Gasteiger partial charge in [0.25, 0.3) is 0 Å². The molecule has 1 atom stereocenters. The van der Waals surface area contributed by atoms with E-state index in [0.717, 1.165) is 64.1 Å². The first-order valence-corrected chi connectivity index (χ1v) is 16.7. The molecule has 4 aromatic rings. The topological polar surface area (TPSA) is 105 Å². The maximum Gasteiger partial charge on any atom is 0.168 e. The van der Waals surface area contributed by atoms with Crippen LogP contribution in [0.4, 0.5) is 0 Å². The van der Waals surface area contributed by atoms with Gasteiger partial charge in [0.05, 0.1) is 22.5 Å². The van der Waals surface area contributed by atoms with Crippen molar-refractivity contribution in [2.75, 3.05) is 13.2 Å². The number of hydrogen-bond acceptors (Lipinski definition) is 8. The van der Waals surface area contributed by atoms with Gasteiger partial charge in [-0.25, -0.2) is 0 Å². The molecule has 0 saturated heterocycles. The second-order valence-corrected chi connectivity index (χ2v) is 13.5. The third-order valence-corrected chi connectivity index (χ3v) is 9.01. The van der Waals surface area contributed by atoms with Crippen LogP contribution in [0.5, 0.6) is 11.5 Å². The molecule has 0 amide bonds. The highest BCUT2D eigenvalue weighted by atomic mass is 16.6. The number of ether oxygens (including phenoxy) is 2. The first-order chi connectivity index (χ1) is 22.3. The minimum atomic E-state index is -0.0464. The van der Waals surface area contributed by atoms with Crippen molar-refractivity contribution in [3.63, 3.8) is 0 Å². The van der Waals surface area contributed by atoms with Gasteiger partial charge in [-0.3, -0.25) is 9.59 Å². The van der Waals surface area contributed by atoms with Gasteiger partial charge in [0.1, 0.15) is 13.2 Å². The van der Waals surface area contributed by atoms with Gasteiger partial charge in [-0.1, -0.05) is 87.2 Å². The van der Waals surface area contributed by atoms with Crippen LogP contribution in [0.25, 0.3) is 0 Å². The molecule has 8 nitrogen and oxygen atoms in total. The zero-order valence-electron chi connectivity index (χ0n) is 27.4. The number of carbonyl (C=O) groups is 2. The Hall–Kier alpha value is -4.20. The lowest BCUT2D eigenvalue weighted by molar-refractivity contribution is 0.0908. The summed E-state index contributed by atoms with van der Waals surface area (Å²) < 4.78 is 22.1. The average molecular weight is 625 g/mol. The maximum absolute atomic E-state index is 12.5. The third kappa shape index (κ3) is 7.27. The molecule has 1 fully saturated rings. The van der Waals surface area contributed by atoms with E-state index in [4.69, 9.17) is 18.5 Å². The van der Waals surface area contributed by atoms with Gasteiger partial charge < -0.3 is 18.5 Å². The number of carbonyl (C=O) groups excluding carboxylic acids is 2. The minimum Gasteiger partial charge on any atom is -0.486 e. The SMILES string of the molecule is CC.CC1(C)CC(=O)c2c(noc2Cc2ccc3c(c2)OCCO3)C1.O=C1CC(CC2CC2)Cc2noc(Cc3ccccc3)c21. The molecular weight excluding hydrogens is 580 g/mol. The van der Waals surface area contributed by atoms with Crippen molar-refractivity contribution < 1.29 is 28.1 Å². The number of aromatic nitrogens is 2. The molecule has 0 radical (unpaired) electrons. The maximum atomic E-state index is 12.5. The number of hydrogen-bond donors (Lipinski definition) is 0. The minimum absolute atomic E-state index is 0.0464. The van der Waals surface area contributed by atoms with E-state index < -0.39 is 0 Å². The van der Waals surface area contributed by atoms with Crippen molar-refractivity contribution in [2.24, 2.45) is 17.3 Å². The normalized spacial score (nSPS) is 19.2. The summed E-state index contributed by atoms with van der Waals surface area (Å²) in [7, 11) is 0. The van der Waals surface area contributed by atoms with Crippen LogP contribution in [0.3, 0.4) is 0 Å². The Balaban J connectivity index is 0.000000154. The predicted octanol–water partition coefficient (Wildman–Crippen LogP) is 8.03. The first-order valence-electron chi connectivity index (χ1n) is 16.7. The van der Waals surface area contributed by atoms with E-state index in [1.54, 1.807) is 0 Å². The molecular formula is C38H44N2O6. The number of benzene rings is 2. The quantitative estimate of drug-likeness (QED) is 0.212. The average Bonchev–Trinajstić information content (AvgIpc) is 3.64. The number of rotatable bonds is 6. The molecule has 242 valence electrons. The van der Waals surface area contributed by atoms with E-state index in [0.29, 0.717) is 56.1 Å². The zero-order chi connectivity index (χ0) is 32.3. The molecule has 46 heavy (non-hydrogen) atoms. The number of ketones is 2. The van der Waals surface area contributed by atoms with Crippen molar-refractivity contribution in [2.45, 2.75) is 85.5 Å². The second kappa shape index (κ2) is 13.7. The summed E-state index contributed by atoms with van der Waals surface area (Å²) in [4.78, 5) is 24.9. The summed E-state index contributed by atoms with van der Waals surface area (Å²) in [5.41, 5.74) is 5.26. The van der Waals surface area contributed by atoms with Crippen molar-refractivity contribution in [3.05, 3.63) is 93.7 Å². The van der Waals surface area contributed by atoms with E-state index >= 15 is 0 Å². The number of Topliss-reactive ketones (excluding diaryl/α,β-unsaturated/α-hetero) is 2. The zero-order valence-corrected chi connectivity index (χ0v) is 27.4. The van der Waals surface area contributed by atoms with Gasteiger partial charge in [0.2, 0.25) is 0 Å². The fraction of sp³-hybridized carbons (Fsp3) is 0.474. The smallest absolute Gasteiger partial charge is 0.168 e. The molecule has 1 unspecified atom stereocenters. The second-order valence-electron chi connectivity index (χ2n) is 13.5. The molecule has 0 spiro atoms. The van der Waals surface area contributed by atoms with Gasteiger partial charge in [0.15, 0.2) is 34.6 Å². The molecule has 1 saturated carbocycles. The van der Waals surface area contributed by atoms with E-state index in [2.05, 4.69) is 36.3 Å². The van der Waals surface area contributed by atoms with Gasteiger partial charge >= 0.3 is 0 Å². The fourth-order valence-electron chi connectivity index (χ4n) is 6.76. The summed E-state index contributed by atoms with van der Waals surface area (Å²) in [5, 5.41) is 8.32. The summed E-state index contributed by atoms with van der Waals surface area (Å²) in [6, 6.07) is 15.9. The third-order valence-electron chi connectivity index (χ3n) is 9.01. The monoisotopic (exact) mass is 624 g/mol. The Labute approximate surface area is 270 Å². The standard InChI is InChI=1S/C18H19NO4.C18H19NO2.C2H6/c1-18(2)9-12-17(13(20)10-18)16(23-19-12)8-11-3-4-14-15(7-11)22-6-5-21-14;20-16-10-14(8-13-6-7-13)9-15-18(16)17(21-19-15)11-12-4-2-1-3-5-12;1-2/h3-4,7H,5-6,8-10H2,1-2H3;1-5,13-14H,6-11H2;1-2H3. The molecule has 1 aliphatic heterocycles. The molecule has 3 heterocycles. The number of nitrogens with zero attached hydrogens (tertiary/aromatic N) is 2. The van der Waals surface area contributed by atoms with Gasteiger partial charge in [-0.15, -0.1) is 0 Å². The predicted molar refractivity (Wildman–Crippen MR) is 174 cm³/mol. The Morgan fingerprint density at radius 1 is 0.717 bits per heavy atom. The highest BCUT2D eigenvalue weighted by molar-refractivity contribution is 6.00. The van der Waals surface area contributed by atoms with Gasteiger partial charge in [-0.2, -0.15) is 0 Å². The summed E-state index contributed by atoms with van der Waals surface area (Å²) in [5.74, 6) is 4.60. The van der Waals surface area contributed by atoms with Crippen LogP contribution in [0, 0.1) is 17.3 Å². The number of fused-ring (bicyclic) bond motifs is 3. The lowest BCUT2D eigenvalue weighted by Crippen LogP contribution is -2.27. The summed E-state index contributed by atoms with van der Waals surface area (Å²) in [6.07, 6.45) is 7.96. The highest BCUT2D eigenvalue weighted by Gasteiger charge is 2.36. The molecule has 0 bridgehead atoms. The van der Waals surface area contributed by atoms with E-state index in [-0.39, 0.29) is 17.0 Å². The molecule has 4 aliphatic rings. The van der Waals surface area contributed by atoms with Crippen LogP contribution in [0.2, 0.25) is 0 Å². The molecule has 0 N–H and O–H groups in total. The van der Waals surface area contributed by atoms with Crippen LogP contribution in [0.1, 0.15) is 115 Å². The van der Waals surface area contributed by atoms with Crippen LogP contribution in [-0.4, -0.2) is 35.1 Å². The Morgan fingerprint density at radius 3 is 2.09 bits per heavy atom. The Bertz CT molecular complexity index is 1680. The van der Waals surface area contributed by atoms with Crippen LogP contribution < -0.4 is 9.47 Å². The van der Waals surface area contributed by atoms with Gasteiger partial charge in [0, 0.05) is 25.7 Å². The lowest BCUT2D eigenvalue weighted by Gasteiger charge is -2.26. The van der Waals surface area contributed by atoms with Gasteiger partial charge in [-0.05, 0) is 59.8 Å². The molecule has 2 aromatic carbocycles. The van der Waals surface area contributed by atoms with Crippen molar-refractivity contribution in [1.29, 1.82) is 0 Å². The van der Waals surface area contributed by atoms with E-state index in [1.165, 1.54) is 19.3 Å². The lowest BCUT2D eigenvalue weighted by atomic mass is 9.75. The van der Waals surface area contributed by atoms with Crippen molar-refractivity contribution >= 4 is 11.6 Å². The van der Waals surface area contributed by atoms with Crippen LogP contribution in [0.15, 0.2) is 57.6 Å². The van der Waals surface area contributed by atoms with Crippen LogP contribution in [-0.2, 0) is 25.7 Å². The van der Waals surface area contributed by atoms with Crippen LogP contribution >= 0.6 is 0 Å². The fourth-order valence-corrected chi connectivity index (χ4v) is 6.76. The van der Waals surface area contributed by atoms with Crippen molar-refractivity contribution in [3.8, 4) is 11.5 Å². The van der Waals surface area contributed by atoms with Crippen molar-refractivity contribution in [1.82, 2.24) is 10.3 Å². The van der Waals surface area contributed by atoms with E-state index in [9.17, 15) is 9.59 Å². The highest BCUT2D eigenvalue weighted by Crippen LogP contribution is 2.40. The molecule has 3 aliphatic carbocycles. The molecule has 2 aromatic heterocycles. The molecule has 8 rings (SSSR count). The Morgan fingerprint density at radius 2 is 1.37 bits per heavy atom. The Kier molecular flexibility index (Phi) is 9.43. The summed E-state index contributed by atoms with van der Waals surface area (Å²) in [6.45, 7) is 9.31. The molecule has 8 heteroatoms. The largest absolute Gasteiger partial charge is 0.486 e. The summed E-state index contributed by atoms with van der Waals surface area (Å²) >= 11 is 0. The first kappa shape index (κ1) is 31.8. The van der Waals surface area contributed by atoms with E-state index in [1.807, 2.05) is 50.2 Å².